The molecular weight excluding hydrogens is 473 g/mol. The summed E-state index contributed by atoms with van der Waals surface area (Å²) in [6, 6.07) is 9.58. The van der Waals surface area contributed by atoms with Crippen molar-refractivity contribution in [1.29, 1.82) is 0 Å². The number of imide groups is 1. The molecule has 0 radical (unpaired) electrons. The SMILES string of the molecule is O=C1CCC(N2Cc3cc(OCC4CCCCN4Cc4c(F)cccc4Cl)ccc3C2=O)C(=O)N1. The summed E-state index contributed by atoms with van der Waals surface area (Å²) in [6.45, 7) is 2.02. The van der Waals surface area contributed by atoms with Crippen LogP contribution in [0.1, 0.15) is 53.6 Å². The van der Waals surface area contributed by atoms with Gasteiger partial charge in [0.1, 0.15) is 24.2 Å². The number of likely N-dealkylation sites (tertiary alicyclic amines) is 1. The van der Waals surface area contributed by atoms with Gasteiger partial charge in [-0.2, -0.15) is 0 Å². The molecule has 1 N–H and O–H groups in total. The van der Waals surface area contributed by atoms with Crippen LogP contribution in [-0.4, -0.2) is 52.8 Å². The van der Waals surface area contributed by atoms with E-state index in [1.807, 2.05) is 6.07 Å². The molecule has 0 spiro atoms. The number of hydrogen-bond donors (Lipinski definition) is 1. The minimum atomic E-state index is -0.641. The summed E-state index contributed by atoms with van der Waals surface area (Å²) in [4.78, 5) is 40.3. The van der Waals surface area contributed by atoms with Crippen LogP contribution in [0.5, 0.6) is 5.75 Å². The number of rotatable bonds is 6. The van der Waals surface area contributed by atoms with Gasteiger partial charge in [0, 0.05) is 41.7 Å². The molecule has 2 aromatic carbocycles. The number of halogens is 2. The Morgan fingerprint density at radius 3 is 2.77 bits per heavy atom. The summed E-state index contributed by atoms with van der Waals surface area (Å²) >= 11 is 6.25. The van der Waals surface area contributed by atoms with E-state index in [1.54, 1.807) is 24.3 Å². The molecule has 0 aromatic heterocycles. The predicted molar refractivity (Wildman–Crippen MR) is 127 cm³/mol. The van der Waals surface area contributed by atoms with Gasteiger partial charge >= 0.3 is 0 Å². The van der Waals surface area contributed by atoms with E-state index < -0.39 is 11.9 Å². The normalized spacial score (nSPS) is 22.8. The number of ether oxygens (including phenoxy) is 1. The fourth-order valence-electron chi connectivity index (χ4n) is 5.18. The van der Waals surface area contributed by atoms with Gasteiger partial charge in [0.25, 0.3) is 5.91 Å². The lowest BCUT2D eigenvalue weighted by molar-refractivity contribution is -0.136. The molecule has 9 heteroatoms. The summed E-state index contributed by atoms with van der Waals surface area (Å²) in [6.07, 6.45) is 3.62. The van der Waals surface area contributed by atoms with Crippen molar-refractivity contribution in [2.75, 3.05) is 13.2 Å². The first-order chi connectivity index (χ1) is 16.9. The lowest BCUT2D eigenvalue weighted by Gasteiger charge is -2.35. The van der Waals surface area contributed by atoms with Gasteiger partial charge in [-0.3, -0.25) is 24.6 Å². The number of benzene rings is 2. The van der Waals surface area contributed by atoms with E-state index in [4.69, 9.17) is 16.3 Å². The Labute approximate surface area is 208 Å². The highest BCUT2D eigenvalue weighted by Crippen LogP contribution is 2.31. The smallest absolute Gasteiger partial charge is 0.255 e. The molecule has 3 aliphatic rings. The van der Waals surface area contributed by atoms with Crippen molar-refractivity contribution in [3.63, 3.8) is 0 Å². The molecule has 0 aliphatic carbocycles. The van der Waals surface area contributed by atoms with Crippen molar-refractivity contribution in [3.8, 4) is 5.75 Å². The van der Waals surface area contributed by atoms with E-state index in [0.29, 0.717) is 48.0 Å². The maximum Gasteiger partial charge on any atom is 0.255 e. The molecule has 35 heavy (non-hydrogen) atoms. The zero-order chi connectivity index (χ0) is 24.5. The van der Waals surface area contributed by atoms with E-state index in [0.717, 1.165) is 31.4 Å². The van der Waals surface area contributed by atoms with E-state index in [-0.39, 0.29) is 30.1 Å². The van der Waals surface area contributed by atoms with Crippen LogP contribution in [0.4, 0.5) is 4.39 Å². The van der Waals surface area contributed by atoms with Crippen LogP contribution < -0.4 is 10.1 Å². The molecule has 2 saturated heterocycles. The molecule has 7 nitrogen and oxygen atoms in total. The van der Waals surface area contributed by atoms with Crippen LogP contribution in [0.15, 0.2) is 36.4 Å². The molecule has 0 saturated carbocycles. The predicted octanol–water partition coefficient (Wildman–Crippen LogP) is 3.67. The topological polar surface area (TPSA) is 79.0 Å². The van der Waals surface area contributed by atoms with Crippen LogP contribution in [0.3, 0.4) is 0 Å². The molecular formula is C26H27ClFN3O4. The highest BCUT2D eigenvalue weighted by Gasteiger charge is 2.39. The number of carbonyl (C=O) groups excluding carboxylic acids is 3. The molecule has 184 valence electrons. The first-order valence-electron chi connectivity index (χ1n) is 12.0. The highest BCUT2D eigenvalue weighted by atomic mass is 35.5. The minimum Gasteiger partial charge on any atom is -0.492 e. The van der Waals surface area contributed by atoms with Gasteiger partial charge in [0.2, 0.25) is 11.8 Å². The number of hydrogen-bond acceptors (Lipinski definition) is 5. The Balaban J connectivity index is 1.24. The maximum atomic E-state index is 14.3. The lowest BCUT2D eigenvalue weighted by Crippen LogP contribution is -2.52. The average Bonchev–Trinajstić information content (AvgIpc) is 3.16. The maximum absolute atomic E-state index is 14.3. The molecule has 3 heterocycles. The molecule has 2 atom stereocenters. The van der Waals surface area contributed by atoms with Crippen LogP contribution in [0.2, 0.25) is 5.02 Å². The Morgan fingerprint density at radius 1 is 1.11 bits per heavy atom. The Kier molecular flexibility index (Phi) is 6.75. The summed E-state index contributed by atoms with van der Waals surface area (Å²) in [5.74, 6) is -0.588. The van der Waals surface area contributed by atoms with Gasteiger partial charge in [-0.25, -0.2) is 4.39 Å². The number of piperidine rings is 2. The third-order valence-electron chi connectivity index (χ3n) is 7.11. The van der Waals surface area contributed by atoms with Crippen molar-refractivity contribution < 1.29 is 23.5 Å². The van der Waals surface area contributed by atoms with Crippen molar-refractivity contribution in [2.45, 2.75) is 57.3 Å². The van der Waals surface area contributed by atoms with Crippen LogP contribution in [0, 0.1) is 5.82 Å². The fraction of sp³-hybridized carbons (Fsp3) is 0.423. The minimum absolute atomic E-state index is 0.120. The van der Waals surface area contributed by atoms with Crippen molar-refractivity contribution >= 4 is 29.3 Å². The summed E-state index contributed by atoms with van der Waals surface area (Å²) in [7, 11) is 0. The Morgan fingerprint density at radius 2 is 1.97 bits per heavy atom. The largest absolute Gasteiger partial charge is 0.492 e. The molecule has 3 amide bonds. The molecule has 2 aromatic rings. The van der Waals surface area contributed by atoms with Gasteiger partial charge in [-0.1, -0.05) is 24.1 Å². The number of carbonyl (C=O) groups is 3. The van der Waals surface area contributed by atoms with Crippen LogP contribution in [0.25, 0.3) is 0 Å². The summed E-state index contributed by atoms with van der Waals surface area (Å²) in [5, 5.41) is 2.75. The number of nitrogens with zero attached hydrogens (tertiary/aromatic N) is 2. The van der Waals surface area contributed by atoms with Crippen molar-refractivity contribution in [3.05, 3.63) is 63.9 Å². The van der Waals surface area contributed by atoms with Gasteiger partial charge in [-0.05, 0) is 61.7 Å². The van der Waals surface area contributed by atoms with Crippen molar-refractivity contribution in [1.82, 2.24) is 15.1 Å². The van der Waals surface area contributed by atoms with Gasteiger partial charge in [-0.15, -0.1) is 0 Å². The summed E-state index contributed by atoms with van der Waals surface area (Å²) < 4.78 is 20.5. The van der Waals surface area contributed by atoms with E-state index in [9.17, 15) is 18.8 Å². The second-order valence-corrected chi connectivity index (χ2v) is 9.76. The number of amides is 3. The van der Waals surface area contributed by atoms with E-state index in [2.05, 4.69) is 10.2 Å². The van der Waals surface area contributed by atoms with Crippen LogP contribution in [-0.2, 0) is 22.7 Å². The Hall–Kier alpha value is -2.97. The number of nitrogens with one attached hydrogen (secondary N) is 1. The highest BCUT2D eigenvalue weighted by molar-refractivity contribution is 6.31. The monoisotopic (exact) mass is 499 g/mol. The Bertz CT molecular complexity index is 1150. The van der Waals surface area contributed by atoms with E-state index in [1.165, 1.54) is 11.0 Å². The molecule has 3 aliphatic heterocycles. The van der Waals surface area contributed by atoms with Crippen molar-refractivity contribution in [2.24, 2.45) is 0 Å². The average molecular weight is 500 g/mol. The molecule has 0 bridgehead atoms. The molecule has 2 fully saturated rings. The second kappa shape index (κ2) is 9.95. The van der Waals surface area contributed by atoms with Gasteiger partial charge in [0.15, 0.2) is 0 Å². The first kappa shape index (κ1) is 23.8. The number of fused-ring (bicyclic) bond motifs is 1. The zero-order valence-corrected chi connectivity index (χ0v) is 20.0. The molecule has 2 unspecified atom stereocenters. The van der Waals surface area contributed by atoms with E-state index >= 15 is 0 Å². The quantitative estimate of drug-likeness (QED) is 0.613. The first-order valence-corrected chi connectivity index (χ1v) is 12.4. The van der Waals surface area contributed by atoms with Gasteiger partial charge < -0.3 is 9.64 Å². The second-order valence-electron chi connectivity index (χ2n) is 9.35. The third kappa shape index (κ3) is 4.90. The third-order valence-corrected chi connectivity index (χ3v) is 7.46. The summed E-state index contributed by atoms with van der Waals surface area (Å²) in [5.41, 5.74) is 1.86. The fourth-order valence-corrected chi connectivity index (χ4v) is 5.40. The molecule has 5 rings (SSSR count). The lowest BCUT2D eigenvalue weighted by atomic mass is 10.0. The van der Waals surface area contributed by atoms with Gasteiger partial charge in [0.05, 0.1) is 0 Å². The standard InChI is InChI=1S/C26H27ClFN3O4/c27-21-5-3-6-22(28)20(21)14-30-11-2-1-4-17(30)15-35-18-7-8-19-16(12-18)13-31(26(19)34)23-9-10-24(32)29-25(23)33/h3,5-8,12,17,23H,1-2,4,9-11,13-15H2,(H,29,32,33). The zero-order valence-electron chi connectivity index (χ0n) is 19.3. The van der Waals surface area contributed by atoms with Crippen LogP contribution >= 0.6 is 11.6 Å².